The van der Waals surface area contributed by atoms with E-state index in [1.165, 1.54) is 37.5 Å². The van der Waals surface area contributed by atoms with Crippen LogP contribution in [0.25, 0.3) is 0 Å². The summed E-state index contributed by atoms with van der Waals surface area (Å²) < 4.78 is 0. The van der Waals surface area contributed by atoms with Gasteiger partial charge < -0.3 is 5.41 Å². The minimum Gasteiger partial charge on any atom is -0.309 e. The van der Waals surface area contributed by atoms with Crippen molar-refractivity contribution in [2.45, 2.75) is 46.5 Å². The van der Waals surface area contributed by atoms with E-state index in [0.29, 0.717) is 5.92 Å². The van der Waals surface area contributed by atoms with Crippen LogP contribution in [0.5, 0.6) is 0 Å². The van der Waals surface area contributed by atoms with E-state index < -0.39 is 0 Å². The fourth-order valence-electron chi connectivity index (χ4n) is 1.25. The standard InChI is InChI=1S/C11H21N/c1-4-5-6-7-11(8-9-12)10(2)3/h8-10,12H,4-7H2,1-3H3/b11-8+,12-9?. The van der Waals surface area contributed by atoms with Gasteiger partial charge in [0.2, 0.25) is 0 Å². The molecule has 0 aromatic heterocycles. The van der Waals surface area contributed by atoms with E-state index in [9.17, 15) is 0 Å². The minimum atomic E-state index is 0.600. The maximum atomic E-state index is 7.01. The highest BCUT2D eigenvalue weighted by Gasteiger charge is 2.01. The molecule has 1 N–H and O–H groups in total. The fraction of sp³-hybridized carbons (Fsp3) is 0.727. The van der Waals surface area contributed by atoms with Crippen LogP contribution in [0.15, 0.2) is 11.6 Å². The Kier molecular flexibility index (Phi) is 6.73. The SMILES string of the molecule is CCCCC/C(=C\C=N)C(C)C. The third kappa shape index (κ3) is 5.11. The maximum Gasteiger partial charge on any atom is 0.0177 e. The second kappa shape index (κ2) is 7.08. The smallest absolute Gasteiger partial charge is 0.0177 e. The summed E-state index contributed by atoms with van der Waals surface area (Å²) in [5.41, 5.74) is 1.42. The summed E-state index contributed by atoms with van der Waals surface area (Å²) >= 11 is 0. The third-order valence-corrected chi connectivity index (χ3v) is 2.11. The molecule has 12 heavy (non-hydrogen) atoms. The third-order valence-electron chi connectivity index (χ3n) is 2.11. The van der Waals surface area contributed by atoms with Gasteiger partial charge in [-0.1, -0.05) is 39.2 Å². The molecule has 70 valence electrons. The van der Waals surface area contributed by atoms with Crippen LogP contribution < -0.4 is 0 Å². The van der Waals surface area contributed by atoms with Crippen molar-refractivity contribution in [1.82, 2.24) is 0 Å². The highest BCUT2D eigenvalue weighted by Crippen LogP contribution is 2.16. The van der Waals surface area contributed by atoms with Gasteiger partial charge in [-0.2, -0.15) is 0 Å². The van der Waals surface area contributed by atoms with E-state index in [-0.39, 0.29) is 0 Å². The van der Waals surface area contributed by atoms with E-state index in [1.807, 2.05) is 6.08 Å². The molecule has 0 aliphatic heterocycles. The van der Waals surface area contributed by atoms with Gasteiger partial charge in [0.05, 0.1) is 0 Å². The minimum absolute atomic E-state index is 0.600. The average Bonchev–Trinajstić information content (AvgIpc) is 2.03. The van der Waals surface area contributed by atoms with Gasteiger partial charge in [-0.3, -0.25) is 0 Å². The topological polar surface area (TPSA) is 23.9 Å². The van der Waals surface area contributed by atoms with Crippen LogP contribution in [-0.2, 0) is 0 Å². The molecule has 0 radical (unpaired) electrons. The molecule has 1 heteroatoms. The lowest BCUT2D eigenvalue weighted by atomic mass is 9.97. The molecule has 0 heterocycles. The van der Waals surface area contributed by atoms with Crippen LogP contribution in [0.4, 0.5) is 0 Å². The zero-order chi connectivity index (χ0) is 9.40. The van der Waals surface area contributed by atoms with Crippen LogP contribution in [-0.4, -0.2) is 6.21 Å². The van der Waals surface area contributed by atoms with Gasteiger partial charge in [0.15, 0.2) is 0 Å². The zero-order valence-electron chi connectivity index (χ0n) is 8.56. The highest BCUT2D eigenvalue weighted by atomic mass is 14.3. The first-order valence-corrected chi connectivity index (χ1v) is 4.91. The molecule has 0 aliphatic carbocycles. The second-order valence-corrected chi connectivity index (χ2v) is 3.52. The van der Waals surface area contributed by atoms with Crippen molar-refractivity contribution in [3.05, 3.63) is 11.6 Å². The monoisotopic (exact) mass is 167 g/mol. The summed E-state index contributed by atoms with van der Waals surface area (Å²) in [4.78, 5) is 0. The Morgan fingerprint density at radius 3 is 2.42 bits per heavy atom. The first-order chi connectivity index (χ1) is 5.72. The Bertz CT molecular complexity index is 145. The number of unbranched alkanes of at least 4 members (excludes halogenated alkanes) is 2. The fourth-order valence-corrected chi connectivity index (χ4v) is 1.25. The van der Waals surface area contributed by atoms with E-state index in [1.54, 1.807) is 0 Å². The van der Waals surface area contributed by atoms with Gasteiger partial charge in [0.25, 0.3) is 0 Å². The number of hydrogen-bond acceptors (Lipinski definition) is 1. The van der Waals surface area contributed by atoms with E-state index in [4.69, 9.17) is 5.41 Å². The molecule has 0 atom stereocenters. The predicted octanol–water partition coefficient (Wildman–Crippen LogP) is 3.80. The van der Waals surface area contributed by atoms with E-state index >= 15 is 0 Å². The van der Waals surface area contributed by atoms with Crippen molar-refractivity contribution >= 4 is 6.21 Å². The van der Waals surface area contributed by atoms with Gasteiger partial charge in [-0.15, -0.1) is 0 Å². The Hall–Kier alpha value is -0.590. The largest absolute Gasteiger partial charge is 0.309 e. The molecule has 0 fully saturated rings. The average molecular weight is 167 g/mol. The van der Waals surface area contributed by atoms with Crippen molar-refractivity contribution in [2.24, 2.45) is 5.92 Å². The lowest BCUT2D eigenvalue weighted by Crippen LogP contribution is -1.94. The molecule has 0 spiro atoms. The molecule has 0 aromatic rings. The summed E-state index contributed by atoms with van der Waals surface area (Å²) in [5, 5.41) is 7.01. The Balaban J connectivity index is 3.80. The quantitative estimate of drug-likeness (QED) is 0.459. The number of allylic oxidation sites excluding steroid dienone is 2. The Morgan fingerprint density at radius 2 is 2.00 bits per heavy atom. The molecular formula is C11H21N. The van der Waals surface area contributed by atoms with E-state index in [2.05, 4.69) is 20.8 Å². The van der Waals surface area contributed by atoms with Crippen molar-refractivity contribution in [1.29, 1.82) is 5.41 Å². The van der Waals surface area contributed by atoms with Gasteiger partial charge in [-0.25, -0.2) is 0 Å². The summed E-state index contributed by atoms with van der Waals surface area (Å²) in [5.74, 6) is 0.600. The van der Waals surface area contributed by atoms with Crippen LogP contribution >= 0.6 is 0 Å². The molecule has 0 aromatic carbocycles. The molecule has 0 bridgehead atoms. The van der Waals surface area contributed by atoms with Crippen molar-refractivity contribution in [3.8, 4) is 0 Å². The predicted molar refractivity (Wildman–Crippen MR) is 55.8 cm³/mol. The summed E-state index contributed by atoms with van der Waals surface area (Å²) in [6.45, 7) is 6.61. The highest BCUT2D eigenvalue weighted by molar-refractivity contribution is 5.68. The molecule has 0 amide bonds. The Morgan fingerprint density at radius 1 is 1.33 bits per heavy atom. The maximum absolute atomic E-state index is 7.01. The molecule has 1 nitrogen and oxygen atoms in total. The second-order valence-electron chi connectivity index (χ2n) is 3.52. The molecule has 0 aliphatic rings. The van der Waals surface area contributed by atoms with Crippen molar-refractivity contribution in [3.63, 3.8) is 0 Å². The molecule has 0 saturated heterocycles. The number of nitrogens with one attached hydrogen (secondary N) is 1. The van der Waals surface area contributed by atoms with Crippen molar-refractivity contribution in [2.75, 3.05) is 0 Å². The molecule has 0 rings (SSSR count). The summed E-state index contributed by atoms with van der Waals surface area (Å²) in [6.07, 6.45) is 8.37. The lowest BCUT2D eigenvalue weighted by Gasteiger charge is -2.09. The Labute approximate surface area is 76.4 Å². The lowest BCUT2D eigenvalue weighted by molar-refractivity contribution is 0.649. The van der Waals surface area contributed by atoms with E-state index in [0.717, 1.165) is 0 Å². The first kappa shape index (κ1) is 11.4. The summed E-state index contributed by atoms with van der Waals surface area (Å²) in [6, 6.07) is 0. The van der Waals surface area contributed by atoms with Gasteiger partial charge in [0.1, 0.15) is 0 Å². The van der Waals surface area contributed by atoms with Crippen LogP contribution in [0.3, 0.4) is 0 Å². The number of rotatable bonds is 6. The van der Waals surface area contributed by atoms with Crippen LogP contribution in [0.2, 0.25) is 0 Å². The summed E-state index contributed by atoms with van der Waals surface area (Å²) in [7, 11) is 0. The number of hydrogen-bond donors (Lipinski definition) is 1. The molecule has 0 unspecified atom stereocenters. The van der Waals surface area contributed by atoms with Gasteiger partial charge >= 0.3 is 0 Å². The molecular weight excluding hydrogens is 146 g/mol. The van der Waals surface area contributed by atoms with Gasteiger partial charge in [-0.05, 0) is 24.8 Å². The van der Waals surface area contributed by atoms with Crippen LogP contribution in [0, 0.1) is 11.3 Å². The first-order valence-electron chi connectivity index (χ1n) is 4.91. The van der Waals surface area contributed by atoms with Crippen molar-refractivity contribution < 1.29 is 0 Å². The zero-order valence-corrected chi connectivity index (χ0v) is 8.56. The normalized spacial score (nSPS) is 12.2. The van der Waals surface area contributed by atoms with Crippen LogP contribution in [0.1, 0.15) is 46.5 Å². The molecule has 0 saturated carbocycles. The van der Waals surface area contributed by atoms with Gasteiger partial charge in [0, 0.05) is 6.21 Å².